The Labute approximate surface area is 276 Å². The predicted octanol–water partition coefficient (Wildman–Crippen LogP) is 5.26. The van der Waals surface area contributed by atoms with Gasteiger partial charge in [-0.25, -0.2) is 9.29 Å². The van der Waals surface area contributed by atoms with Crippen molar-refractivity contribution in [3.63, 3.8) is 0 Å². The van der Waals surface area contributed by atoms with Crippen molar-refractivity contribution in [1.29, 1.82) is 0 Å². The van der Waals surface area contributed by atoms with Crippen molar-refractivity contribution in [2.45, 2.75) is 57.4 Å². The number of thiol groups is 1. The number of halogens is 1. The first kappa shape index (κ1) is 34.4. The lowest BCUT2D eigenvalue weighted by Crippen LogP contribution is -2.38. The Bertz CT molecular complexity index is 1620. The van der Waals surface area contributed by atoms with E-state index in [1.807, 2.05) is 59.2 Å². The van der Waals surface area contributed by atoms with Crippen molar-refractivity contribution in [2.75, 3.05) is 10.8 Å². The molecule has 238 valence electrons. The number of aryl methyl sites for hydroxylation is 1. The molecule has 1 heterocycles. The Morgan fingerprint density at radius 1 is 1.07 bits per heavy atom. The van der Waals surface area contributed by atoms with Gasteiger partial charge in [0.25, 0.3) is 0 Å². The van der Waals surface area contributed by atoms with Crippen LogP contribution in [0.1, 0.15) is 48.8 Å². The Balaban J connectivity index is 1.46. The quantitative estimate of drug-likeness (QED) is 0.117. The molecule has 0 spiro atoms. The first-order valence-electron chi connectivity index (χ1n) is 14.7. The third-order valence-corrected chi connectivity index (χ3v) is 8.74. The fraction of sp³-hybridized carbons (Fsp3) is 0.303. The van der Waals surface area contributed by atoms with E-state index in [2.05, 4.69) is 29.9 Å². The van der Waals surface area contributed by atoms with Crippen molar-refractivity contribution < 1.29 is 23.5 Å². The van der Waals surface area contributed by atoms with Crippen molar-refractivity contribution in [3.8, 4) is 11.1 Å². The molecule has 0 aliphatic rings. The molecule has 0 radical (unpaired) electrons. The van der Waals surface area contributed by atoms with Crippen LogP contribution in [0, 0.1) is 0 Å². The molecule has 2 amide bonds. The maximum Gasteiger partial charge on any atom is 0.239 e. The molecule has 4 rings (SSSR count). The number of nitrogens with zero attached hydrogens (tertiary/aromatic N) is 3. The lowest BCUT2D eigenvalue weighted by atomic mass is 10.0. The van der Waals surface area contributed by atoms with Crippen LogP contribution >= 0.6 is 24.2 Å². The Kier molecular flexibility index (Phi) is 12.8. The maximum atomic E-state index is 13.2. The van der Waals surface area contributed by atoms with Gasteiger partial charge in [0.2, 0.25) is 11.8 Å². The summed E-state index contributed by atoms with van der Waals surface area (Å²) >= 11 is 7.78. The number of hydrogen-bond acceptors (Lipinski definition) is 7. The number of nitrogens with one attached hydrogen (secondary N) is 1. The molecule has 2 atom stereocenters. The van der Waals surface area contributed by atoms with Gasteiger partial charge in [-0.3, -0.25) is 13.8 Å². The number of carbonyl (C=O) groups excluding carboxylic acids is 2. The fourth-order valence-electron chi connectivity index (χ4n) is 4.98. The molecule has 2 N–H and O–H groups in total. The second kappa shape index (κ2) is 16.7. The Hall–Kier alpha value is -3.48. The van der Waals surface area contributed by atoms with E-state index in [9.17, 15) is 23.5 Å². The Morgan fingerprint density at radius 2 is 1.76 bits per heavy atom. The smallest absolute Gasteiger partial charge is 0.239 e. The largest absolute Gasteiger partial charge is 0.755 e. The van der Waals surface area contributed by atoms with E-state index in [1.54, 1.807) is 24.3 Å². The number of aromatic nitrogens is 2. The third kappa shape index (κ3) is 9.05. The van der Waals surface area contributed by atoms with Crippen LogP contribution < -0.4 is 9.62 Å². The van der Waals surface area contributed by atoms with Gasteiger partial charge in [0.15, 0.2) is 5.15 Å². The summed E-state index contributed by atoms with van der Waals surface area (Å²) in [5, 5.41) is 12.3. The summed E-state index contributed by atoms with van der Waals surface area (Å²) in [6.07, 6.45) is 2.89. The highest BCUT2D eigenvalue weighted by molar-refractivity contribution is 7.82. The molecule has 0 fully saturated rings. The minimum absolute atomic E-state index is 0.0393. The summed E-state index contributed by atoms with van der Waals surface area (Å²) < 4.78 is 27.3. The number of anilines is 1. The molecule has 12 heteroatoms. The maximum absolute atomic E-state index is 13.2. The van der Waals surface area contributed by atoms with Crippen molar-refractivity contribution in [3.05, 3.63) is 107 Å². The molecule has 9 nitrogen and oxygen atoms in total. The normalized spacial score (nSPS) is 12.5. The van der Waals surface area contributed by atoms with Gasteiger partial charge in [0.05, 0.1) is 34.5 Å². The van der Waals surface area contributed by atoms with Gasteiger partial charge in [0, 0.05) is 31.5 Å². The number of amides is 2. The zero-order valence-corrected chi connectivity index (χ0v) is 27.4. The second-order valence-corrected chi connectivity index (χ2v) is 12.3. The Morgan fingerprint density at radius 3 is 2.42 bits per heavy atom. The summed E-state index contributed by atoms with van der Waals surface area (Å²) in [5.74, 6) is -0.212. The van der Waals surface area contributed by atoms with Gasteiger partial charge < -0.3 is 19.5 Å². The van der Waals surface area contributed by atoms with Gasteiger partial charge in [-0.15, -0.1) is 0 Å². The fourth-order valence-corrected chi connectivity index (χ4v) is 6.11. The summed E-state index contributed by atoms with van der Waals surface area (Å²) in [4.78, 5) is 30.1. The van der Waals surface area contributed by atoms with E-state index in [1.165, 1.54) is 0 Å². The number of aliphatic hydroxyl groups is 1. The number of carbonyl (C=O) groups is 2. The number of unbranched alkanes of at least 4 members (excludes halogenated alkanes) is 1. The standard InChI is InChI=1S/C33H37ClN4O5S2/c1-2-3-13-30-36-32(34)28(22-39)37(30)21-24-14-16-25(17-15-24)26-11-7-8-12-27(26)38(45(42)43)31(40)18-19-35-33(41)29(44)20-23-9-5-4-6-10-23/h4-12,14-17,29,39,44H,2-3,13,18-22H2,1H3,(H,35,41)(H,42,43)/p-1. The van der Waals surface area contributed by atoms with Crippen LogP contribution in [0.15, 0.2) is 78.9 Å². The van der Waals surface area contributed by atoms with E-state index in [0.717, 1.165) is 40.5 Å². The van der Waals surface area contributed by atoms with Crippen LogP contribution in [0.5, 0.6) is 0 Å². The monoisotopic (exact) mass is 667 g/mol. The van der Waals surface area contributed by atoms with Crippen LogP contribution in [0.25, 0.3) is 11.1 Å². The third-order valence-electron chi connectivity index (χ3n) is 7.32. The van der Waals surface area contributed by atoms with Crippen LogP contribution in [-0.2, 0) is 46.8 Å². The first-order valence-corrected chi connectivity index (χ1v) is 16.6. The second-order valence-electron chi connectivity index (χ2n) is 10.5. The lowest BCUT2D eigenvalue weighted by molar-refractivity contribution is -0.120. The minimum atomic E-state index is -2.90. The SMILES string of the molecule is CCCCc1nc(Cl)c(CO)n1Cc1ccc(-c2ccccc2N(C(=O)CCNC(=O)C(S)Cc2ccccc2)S(=O)[O-])cc1. The van der Waals surface area contributed by atoms with Crippen LogP contribution in [0.2, 0.25) is 5.15 Å². The number of aliphatic hydroxyl groups excluding tert-OH is 1. The predicted molar refractivity (Wildman–Crippen MR) is 180 cm³/mol. The molecule has 1 aromatic heterocycles. The van der Waals surface area contributed by atoms with Gasteiger partial charge in [0.1, 0.15) is 5.82 Å². The summed E-state index contributed by atoms with van der Waals surface area (Å²) in [5.41, 5.74) is 3.91. The molecule has 4 aromatic rings. The summed E-state index contributed by atoms with van der Waals surface area (Å²) in [6, 6.07) is 23.7. The summed E-state index contributed by atoms with van der Waals surface area (Å²) in [6.45, 7) is 2.28. The van der Waals surface area contributed by atoms with Crippen LogP contribution in [0.4, 0.5) is 5.69 Å². The van der Waals surface area contributed by atoms with E-state index in [-0.39, 0.29) is 31.2 Å². The van der Waals surface area contributed by atoms with Gasteiger partial charge in [-0.2, -0.15) is 12.6 Å². The molecular formula is C33H36ClN4O5S2-. The highest BCUT2D eigenvalue weighted by Gasteiger charge is 2.22. The van der Waals surface area contributed by atoms with Crippen molar-refractivity contribution in [1.82, 2.24) is 14.9 Å². The lowest BCUT2D eigenvalue weighted by Gasteiger charge is -2.27. The molecule has 0 aliphatic heterocycles. The molecule has 45 heavy (non-hydrogen) atoms. The topological polar surface area (TPSA) is 128 Å². The van der Waals surface area contributed by atoms with E-state index < -0.39 is 22.4 Å². The number of imidazole rings is 1. The number of rotatable bonds is 15. The number of benzene rings is 3. The average Bonchev–Trinajstić information content (AvgIpc) is 3.34. The highest BCUT2D eigenvalue weighted by atomic mass is 35.5. The molecule has 2 unspecified atom stereocenters. The zero-order valence-electron chi connectivity index (χ0n) is 24.9. The minimum Gasteiger partial charge on any atom is -0.755 e. The van der Waals surface area contributed by atoms with Gasteiger partial charge >= 0.3 is 0 Å². The van der Waals surface area contributed by atoms with Gasteiger partial charge in [-0.05, 0) is 35.6 Å². The van der Waals surface area contributed by atoms with E-state index in [0.29, 0.717) is 34.9 Å². The average molecular weight is 668 g/mol. The molecule has 0 saturated heterocycles. The molecular weight excluding hydrogens is 632 g/mol. The molecule has 0 bridgehead atoms. The molecule has 0 saturated carbocycles. The first-order chi connectivity index (χ1) is 21.7. The number of hydrogen-bond donors (Lipinski definition) is 3. The highest BCUT2D eigenvalue weighted by Crippen LogP contribution is 2.32. The molecule has 3 aromatic carbocycles. The zero-order chi connectivity index (χ0) is 32.3. The van der Waals surface area contributed by atoms with Crippen molar-refractivity contribution in [2.24, 2.45) is 0 Å². The van der Waals surface area contributed by atoms with E-state index in [4.69, 9.17) is 11.6 Å². The van der Waals surface area contributed by atoms with Gasteiger partial charge in [-0.1, -0.05) is 97.7 Å². The van der Waals surface area contributed by atoms with E-state index >= 15 is 0 Å². The van der Waals surface area contributed by atoms with Crippen LogP contribution in [-0.4, -0.2) is 47.0 Å². The summed E-state index contributed by atoms with van der Waals surface area (Å²) in [7, 11) is 0. The van der Waals surface area contributed by atoms with Crippen LogP contribution in [0.3, 0.4) is 0 Å². The molecule has 0 aliphatic carbocycles. The number of para-hydroxylation sites is 1. The van der Waals surface area contributed by atoms with Crippen molar-refractivity contribution >= 4 is 53.0 Å².